The molecule has 0 saturated carbocycles. The van der Waals surface area contributed by atoms with Crippen molar-refractivity contribution in [2.24, 2.45) is 7.05 Å². The number of aryl methyl sites for hydroxylation is 2. The molecular weight excluding hydrogens is 344 g/mol. The number of aromatic nitrogens is 3. The predicted molar refractivity (Wildman–Crippen MR) is 102 cm³/mol. The van der Waals surface area contributed by atoms with Crippen molar-refractivity contribution in [3.63, 3.8) is 0 Å². The van der Waals surface area contributed by atoms with E-state index in [4.69, 9.17) is 9.15 Å². The number of ether oxygens (including phenoxy) is 1. The zero-order valence-corrected chi connectivity index (χ0v) is 15.0. The molecule has 4 rings (SSSR count). The second kappa shape index (κ2) is 6.95. The minimum Gasteiger partial charge on any atom is -0.483 e. The van der Waals surface area contributed by atoms with Crippen LogP contribution in [0.4, 0.5) is 5.82 Å². The summed E-state index contributed by atoms with van der Waals surface area (Å²) in [5.41, 5.74) is 0.615. The summed E-state index contributed by atoms with van der Waals surface area (Å²) in [6.45, 7) is 1.69. The van der Waals surface area contributed by atoms with Crippen molar-refractivity contribution in [2.45, 2.75) is 6.92 Å². The van der Waals surface area contributed by atoms with Crippen molar-refractivity contribution in [1.82, 2.24) is 14.8 Å². The van der Waals surface area contributed by atoms with Gasteiger partial charge in [-0.25, -0.2) is 4.98 Å². The van der Waals surface area contributed by atoms with Gasteiger partial charge in [-0.15, -0.1) is 0 Å². The van der Waals surface area contributed by atoms with Gasteiger partial charge in [0.15, 0.2) is 6.61 Å². The molecule has 7 nitrogen and oxygen atoms in total. The van der Waals surface area contributed by atoms with Gasteiger partial charge in [0.2, 0.25) is 5.89 Å². The lowest BCUT2D eigenvalue weighted by molar-refractivity contribution is -0.118. The van der Waals surface area contributed by atoms with Gasteiger partial charge in [-0.2, -0.15) is 5.10 Å². The number of fused-ring (bicyclic) bond motifs is 1. The Kier molecular flexibility index (Phi) is 4.33. The van der Waals surface area contributed by atoms with Crippen LogP contribution in [0.2, 0.25) is 0 Å². The van der Waals surface area contributed by atoms with Gasteiger partial charge < -0.3 is 14.5 Å². The first-order valence-electron chi connectivity index (χ1n) is 8.47. The topological polar surface area (TPSA) is 82.2 Å². The number of carbonyl (C=O) groups excluding carboxylic acids is 1. The number of carbonyl (C=O) groups is 1. The fourth-order valence-electron chi connectivity index (χ4n) is 2.85. The summed E-state index contributed by atoms with van der Waals surface area (Å²) in [6, 6.07) is 13.6. The summed E-state index contributed by atoms with van der Waals surface area (Å²) >= 11 is 0. The quantitative estimate of drug-likeness (QED) is 0.587. The Bertz CT molecular complexity index is 1110. The third-order valence-electron chi connectivity index (χ3n) is 4.16. The van der Waals surface area contributed by atoms with Crippen molar-refractivity contribution in [3.05, 3.63) is 60.6 Å². The molecule has 0 aliphatic rings. The van der Waals surface area contributed by atoms with Crippen LogP contribution in [0.1, 0.15) is 5.76 Å². The highest BCUT2D eigenvalue weighted by molar-refractivity contribution is 5.95. The third kappa shape index (κ3) is 3.39. The summed E-state index contributed by atoms with van der Waals surface area (Å²) in [4.78, 5) is 16.6. The average Bonchev–Trinajstić information content (AvgIpc) is 3.26. The van der Waals surface area contributed by atoms with E-state index in [1.54, 1.807) is 24.1 Å². The van der Waals surface area contributed by atoms with Gasteiger partial charge in [0.05, 0.1) is 18.0 Å². The van der Waals surface area contributed by atoms with Crippen molar-refractivity contribution in [1.29, 1.82) is 0 Å². The maximum Gasteiger partial charge on any atom is 0.263 e. The molecule has 0 saturated heterocycles. The summed E-state index contributed by atoms with van der Waals surface area (Å²) in [6.07, 6.45) is 3.23. The molecule has 2 aromatic carbocycles. The number of hydrogen-bond acceptors (Lipinski definition) is 5. The normalized spacial score (nSPS) is 10.9. The lowest BCUT2D eigenvalue weighted by Crippen LogP contribution is -2.22. The molecule has 0 spiro atoms. The van der Waals surface area contributed by atoms with Crippen LogP contribution in [-0.4, -0.2) is 27.3 Å². The molecule has 2 aromatic heterocycles. The first kappa shape index (κ1) is 16.8. The lowest BCUT2D eigenvalue weighted by Gasteiger charge is -2.10. The molecule has 0 unspecified atom stereocenters. The number of benzene rings is 2. The van der Waals surface area contributed by atoms with Crippen molar-refractivity contribution in [3.8, 4) is 17.2 Å². The molecule has 0 atom stereocenters. The van der Waals surface area contributed by atoms with Crippen molar-refractivity contribution in [2.75, 3.05) is 11.9 Å². The Morgan fingerprint density at radius 3 is 2.81 bits per heavy atom. The maximum atomic E-state index is 12.4. The summed E-state index contributed by atoms with van der Waals surface area (Å²) in [7, 11) is 1.74. The van der Waals surface area contributed by atoms with Gasteiger partial charge in [-0.1, -0.05) is 36.4 Å². The van der Waals surface area contributed by atoms with Gasteiger partial charge in [-0.3, -0.25) is 9.48 Å². The number of nitrogens with zero attached hydrogens (tertiary/aromatic N) is 3. The van der Waals surface area contributed by atoms with Gasteiger partial charge in [0, 0.05) is 12.4 Å². The molecule has 1 amide bonds. The molecule has 2 heterocycles. The van der Waals surface area contributed by atoms with E-state index in [2.05, 4.69) is 15.4 Å². The fraction of sp³-hybridized carbons (Fsp3) is 0.150. The molecule has 0 fully saturated rings. The molecule has 0 aliphatic heterocycles. The highest BCUT2D eigenvalue weighted by Crippen LogP contribution is 2.27. The van der Waals surface area contributed by atoms with Crippen molar-refractivity contribution < 1.29 is 13.9 Å². The van der Waals surface area contributed by atoms with E-state index in [1.807, 2.05) is 49.4 Å². The SMILES string of the molecule is Cc1cnc(-c2cnn(C)c2NC(=O)COc2cccc3ccccc23)o1. The van der Waals surface area contributed by atoms with Crippen LogP contribution in [0, 0.1) is 6.92 Å². The second-order valence-corrected chi connectivity index (χ2v) is 6.12. The Hall–Kier alpha value is -3.61. The second-order valence-electron chi connectivity index (χ2n) is 6.12. The van der Waals surface area contributed by atoms with Gasteiger partial charge in [-0.05, 0) is 18.4 Å². The highest BCUT2D eigenvalue weighted by Gasteiger charge is 2.17. The predicted octanol–water partition coefficient (Wildman–Crippen LogP) is 3.55. The molecule has 136 valence electrons. The molecule has 27 heavy (non-hydrogen) atoms. The number of amides is 1. The van der Waals surface area contributed by atoms with Gasteiger partial charge >= 0.3 is 0 Å². The zero-order valence-electron chi connectivity index (χ0n) is 15.0. The largest absolute Gasteiger partial charge is 0.483 e. The van der Waals surface area contributed by atoms with Crippen molar-refractivity contribution >= 4 is 22.5 Å². The van der Waals surface area contributed by atoms with Gasteiger partial charge in [0.25, 0.3) is 5.91 Å². The summed E-state index contributed by atoms with van der Waals surface area (Å²) in [5, 5.41) is 9.02. The molecule has 0 aliphatic carbocycles. The number of nitrogens with one attached hydrogen (secondary N) is 1. The fourth-order valence-corrected chi connectivity index (χ4v) is 2.85. The standard InChI is InChI=1S/C20H18N4O3/c1-13-10-21-20(27-13)16-11-22-24(2)19(16)23-18(25)12-26-17-9-5-7-14-6-3-4-8-15(14)17/h3-11H,12H2,1-2H3,(H,23,25). The average molecular weight is 362 g/mol. The molecule has 4 aromatic rings. The first-order valence-corrected chi connectivity index (χ1v) is 8.47. The molecule has 7 heteroatoms. The van der Waals surface area contributed by atoms with Crippen LogP contribution < -0.4 is 10.1 Å². The van der Waals surface area contributed by atoms with E-state index in [1.165, 1.54) is 0 Å². The van der Waals surface area contributed by atoms with E-state index in [0.717, 1.165) is 10.8 Å². The Morgan fingerprint density at radius 1 is 1.19 bits per heavy atom. The highest BCUT2D eigenvalue weighted by atomic mass is 16.5. The van der Waals surface area contributed by atoms with Crippen LogP contribution in [-0.2, 0) is 11.8 Å². The van der Waals surface area contributed by atoms with Crippen LogP contribution in [0.25, 0.3) is 22.2 Å². The third-order valence-corrected chi connectivity index (χ3v) is 4.16. The summed E-state index contributed by atoms with van der Waals surface area (Å²) < 4.78 is 12.8. The number of rotatable bonds is 5. The Balaban J connectivity index is 1.50. The number of anilines is 1. The van der Waals surface area contributed by atoms with Crippen LogP contribution in [0.5, 0.6) is 5.75 Å². The van der Waals surface area contributed by atoms with Crippen LogP contribution in [0.3, 0.4) is 0 Å². The maximum absolute atomic E-state index is 12.4. The Labute approximate surface area is 155 Å². The minimum atomic E-state index is -0.295. The number of oxazole rings is 1. The monoisotopic (exact) mass is 362 g/mol. The van der Waals surface area contributed by atoms with E-state index in [0.29, 0.717) is 28.8 Å². The molecule has 1 N–H and O–H groups in total. The Morgan fingerprint density at radius 2 is 2.00 bits per heavy atom. The van der Waals surface area contributed by atoms with E-state index < -0.39 is 0 Å². The number of hydrogen-bond donors (Lipinski definition) is 1. The molecule has 0 radical (unpaired) electrons. The van der Waals surface area contributed by atoms with E-state index in [-0.39, 0.29) is 12.5 Å². The van der Waals surface area contributed by atoms with E-state index >= 15 is 0 Å². The summed E-state index contributed by atoms with van der Waals surface area (Å²) in [5.74, 6) is 1.97. The zero-order chi connectivity index (χ0) is 18.8. The van der Waals surface area contributed by atoms with E-state index in [9.17, 15) is 4.79 Å². The van der Waals surface area contributed by atoms with Crippen LogP contribution in [0.15, 0.2) is 59.3 Å². The first-order chi connectivity index (χ1) is 13.1. The minimum absolute atomic E-state index is 0.122. The smallest absolute Gasteiger partial charge is 0.263 e. The van der Waals surface area contributed by atoms with Crippen LogP contribution >= 0.6 is 0 Å². The molecule has 0 bridgehead atoms. The lowest BCUT2D eigenvalue weighted by atomic mass is 10.1. The molecular formula is C20H18N4O3. The van der Waals surface area contributed by atoms with Gasteiger partial charge in [0.1, 0.15) is 17.3 Å².